The Labute approximate surface area is 191 Å². The van der Waals surface area contributed by atoms with Crippen molar-refractivity contribution in [3.05, 3.63) is 60.6 Å². The third-order valence-electron chi connectivity index (χ3n) is 6.09. The number of benzene rings is 1. The van der Waals surface area contributed by atoms with Crippen LogP contribution in [0.4, 0.5) is 4.79 Å². The lowest BCUT2D eigenvalue weighted by Gasteiger charge is -2.26. The van der Waals surface area contributed by atoms with Crippen LogP contribution in [0.15, 0.2) is 55.0 Å². The molecule has 0 radical (unpaired) electrons. The molecule has 9 nitrogen and oxygen atoms in total. The van der Waals surface area contributed by atoms with Gasteiger partial charge in [0.1, 0.15) is 6.04 Å². The minimum atomic E-state index is -0.970. The molecule has 4 rings (SSSR count). The number of nitrogens with one attached hydrogen (secondary N) is 2. The number of imide groups is 1. The normalized spacial score (nSPS) is 16.3. The van der Waals surface area contributed by atoms with Gasteiger partial charge in [-0.3, -0.25) is 19.7 Å². The first-order chi connectivity index (χ1) is 16.1. The van der Waals surface area contributed by atoms with E-state index in [0.29, 0.717) is 6.54 Å². The van der Waals surface area contributed by atoms with Gasteiger partial charge in [-0.1, -0.05) is 31.0 Å². The quantitative estimate of drug-likeness (QED) is 0.418. The number of para-hydroxylation sites is 1. The average molecular weight is 452 g/mol. The number of hydrogen-bond acceptors (Lipinski definition) is 4. The lowest BCUT2D eigenvalue weighted by molar-refractivity contribution is -0.138. The summed E-state index contributed by atoms with van der Waals surface area (Å²) >= 11 is 0. The fraction of sp³-hybridized carbons (Fsp3) is 0.375. The molecule has 9 heteroatoms. The number of amides is 4. The van der Waals surface area contributed by atoms with E-state index in [1.807, 2.05) is 30.5 Å². The Morgan fingerprint density at radius 1 is 1.06 bits per heavy atom. The molecular formula is C24H29N5O4. The van der Waals surface area contributed by atoms with Crippen molar-refractivity contribution in [2.45, 2.75) is 51.2 Å². The van der Waals surface area contributed by atoms with Crippen molar-refractivity contribution >= 4 is 28.7 Å². The number of fused-ring (bicyclic) bond motifs is 5. The monoisotopic (exact) mass is 451 g/mol. The van der Waals surface area contributed by atoms with E-state index in [4.69, 9.17) is 5.21 Å². The molecule has 174 valence electrons. The molecule has 1 atom stereocenters. The first-order valence-electron chi connectivity index (χ1n) is 11.3. The fourth-order valence-electron chi connectivity index (χ4n) is 4.38. The number of hydroxylamine groups is 1. The maximum Gasteiger partial charge on any atom is 0.324 e. The molecule has 0 aliphatic carbocycles. The largest absolute Gasteiger partial charge is 0.347 e. The number of rotatable bonds is 4. The Bertz CT molecular complexity index is 1120. The number of aryl methyl sites for hydroxylation is 1. The van der Waals surface area contributed by atoms with Gasteiger partial charge in [-0.05, 0) is 36.6 Å². The Kier molecular flexibility index (Phi) is 7.09. The van der Waals surface area contributed by atoms with Crippen molar-refractivity contribution in [3.8, 4) is 0 Å². The van der Waals surface area contributed by atoms with Crippen LogP contribution in [0.3, 0.4) is 0 Å². The standard InChI is InChI=1S/C24H29N5O4/c30-22(26-33)15-21(27-12-7-8-13-27)23(31)29-17-18-16-28(20-10-4-3-9-19(18)20)14-6-2-1-5-11-25-24(29)32/h3-4,7-10,12-13,16,21,33H,1-2,5-6,11,14-15,17H2,(H,25,32)(H,26,30)/t21-/m1/s1. The summed E-state index contributed by atoms with van der Waals surface area (Å²) in [6, 6.07) is 9.99. The molecule has 2 aromatic heterocycles. The van der Waals surface area contributed by atoms with Gasteiger partial charge in [-0.2, -0.15) is 0 Å². The summed E-state index contributed by atoms with van der Waals surface area (Å²) in [4.78, 5) is 40.0. The zero-order valence-electron chi connectivity index (χ0n) is 18.4. The fourth-order valence-corrected chi connectivity index (χ4v) is 4.38. The van der Waals surface area contributed by atoms with E-state index in [0.717, 1.165) is 48.7 Å². The van der Waals surface area contributed by atoms with E-state index in [2.05, 4.69) is 9.88 Å². The van der Waals surface area contributed by atoms with Gasteiger partial charge in [-0.25, -0.2) is 10.3 Å². The van der Waals surface area contributed by atoms with Gasteiger partial charge in [-0.15, -0.1) is 0 Å². The maximum absolute atomic E-state index is 13.7. The van der Waals surface area contributed by atoms with E-state index in [1.165, 1.54) is 4.90 Å². The van der Waals surface area contributed by atoms with Crippen molar-refractivity contribution < 1.29 is 19.6 Å². The molecule has 3 aromatic rings. The molecule has 0 fully saturated rings. The maximum atomic E-state index is 13.7. The molecule has 4 amide bonds. The average Bonchev–Trinajstić information content (AvgIpc) is 3.48. The highest BCUT2D eigenvalue weighted by atomic mass is 16.5. The molecular weight excluding hydrogens is 422 g/mol. The highest BCUT2D eigenvalue weighted by Crippen LogP contribution is 2.26. The number of urea groups is 1. The van der Waals surface area contributed by atoms with E-state index in [-0.39, 0.29) is 13.0 Å². The second-order valence-electron chi connectivity index (χ2n) is 8.32. The van der Waals surface area contributed by atoms with E-state index in [1.54, 1.807) is 34.6 Å². The third kappa shape index (κ3) is 5.09. The summed E-state index contributed by atoms with van der Waals surface area (Å²) in [5.41, 5.74) is 3.52. The zero-order chi connectivity index (χ0) is 23.2. The molecule has 3 N–H and O–H groups in total. The summed E-state index contributed by atoms with van der Waals surface area (Å²) in [6.45, 7) is 1.43. The van der Waals surface area contributed by atoms with Crippen LogP contribution in [0.1, 0.15) is 43.7 Å². The van der Waals surface area contributed by atoms with Gasteiger partial charge in [0, 0.05) is 42.6 Å². The second-order valence-corrected chi connectivity index (χ2v) is 8.32. The Morgan fingerprint density at radius 2 is 1.82 bits per heavy atom. The van der Waals surface area contributed by atoms with Crippen molar-refractivity contribution in [2.24, 2.45) is 0 Å². The molecule has 0 unspecified atom stereocenters. The molecule has 3 heterocycles. The Morgan fingerprint density at radius 3 is 2.61 bits per heavy atom. The second kappa shape index (κ2) is 10.4. The summed E-state index contributed by atoms with van der Waals surface area (Å²) in [5, 5.41) is 12.9. The molecule has 0 saturated heterocycles. The van der Waals surface area contributed by atoms with E-state index >= 15 is 0 Å². The molecule has 0 spiro atoms. The minimum absolute atomic E-state index is 0.0801. The molecule has 1 aliphatic rings. The number of aromatic nitrogens is 2. The van der Waals surface area contributed by atoms with Crippen molar-refractivity contribution in [3.63, 3.8) is 0 Å². The molecule has 2 bridgehead atoms. The van der Waals surface area contributed by atoms with Gasteiger partial charge in [0.25, 0.3) is 5.91 Å². The lowest BCUT2D eigenvalue weighted by atomic mass is 10.1. The third-order valence-corrected chi connectivity index (χ3v) is 6.09. The van der Waals surface area contributed by atoms with Crippen molar-refractivity contribution in [1.82, 2.24) is 24.8 Å². The highest BCUT2D eigenvalue weighted by Gasteiger charge is 2.32. The van der Waals surface area contributed by atoms with Crippen molar-refractivity contribution in [1.29, 1.82) is 0 Å². The van der Waals surface area contributed by atoms with Crippen LogP contribution in [0.2, 0.25) is 0 Å². The Balaban J connectivity index is 1.72. The highest BCUT2D eigenvalue weighted by molar-refractivity contribution is 5.98. The molecule has 1 aliphatic heterocycles. The zero-order valence-corrected chi connectivity index (χ0v) is 18.4. The number of carbonyl (C=O) groups excluding carboxylic acids is 3. The SMILES string of the molecule is O=C(C[C@H](C(=O)N1Cc2cn(c3ccccc23)CCCCCCNC1=O)n1cccc1)NO. The van der Waals surface area contributed by atoms with Crippen LogP contribution in [0.25, 0.3) is 10.9 Å². The summed E-state index contributed by atoms with van der Waals surface area (Å²) < 4.78 is 3.76. The first kappa shape index (κ1) is 22.6. The van der Waals surface area contributed by atoms with Gasteiger partial charge in [0.15, 0.2) is 0 Å². The molecule has 33 heavy (non-hydrogen) atoms. The molecule has 0 saturated carbocycles. The van der Waals surface area contributed by atoms with Crippen LogP contribution < -0.4 is 10.8 Å². The summed E-state index contributed by atoms with van der Waals surface area (Å²) in [7, 11) is 0. The smallest absolute Gasteiger partial charge is 0.324 e. The lowest BCUT2D eigenvalue weighted by Crippen LogP contribution is -2.47. The van der Waals surface area contributed by atoms with E-state index in [9.17, 15) is 14.4 Å². The predicted molar refractivity (Wildman–Crippen MR) is 122 cm³/mol. The summed E-state index contributed by atoms with van der Waals surface area (Å²) in [5.74, 6) is -1.22. The van der Waals surface area contributed by atoms with Crippen LogP contribution in [0, 0.1) is 0 Å². The van der Waals surface area contributed by atoms with Gasteiger partial charge < -0.3 is 14.5 Å². The van der Waals surface area contributed by atoms with Gasteiger partial charge in [0.05, 0.1) is 13.0 Å². The Hall–Kier alpha value is -3.59. The first-order valence-corrected chi connectivity index (χ1v) is 11.3. The number of hydrogen-bond donors (Lipinski definition) is 3. The van der Waals surface area contributed by atoms with Crippen LogP contribution >= 0.6 is 0 Å². The number of carbonyl (C=O) groups is 3. The van der Waals surface area contributed by atoms with Crippen LogP contribution in [-0.2, 0) is 22.7 Å². The predicted octanol–water partition coefficient (Wildman–Crippen LogP) is 3.19. The van der Waals surface area contributed by atoms with Crippen molar-refractivity contribution in [2.75, 3.05) is 6.54 Å². The van der Waals surface area contributed by atoms with Gasteiger partial charge >= 0.3 is 6.03 Å². The van der Waals surface area contributed by atoms with Gasteiger partial charge in [0.2, 0.25) is 5.91 Å². The number of nitrogens with zero attached hydrogens (tertiary/aromatic N) is 3. The summed E-state index contributed by atoms with van der Waals surface area (Å²) in [6.07, 6.45) is 8.97. The molecule has 1 aromatic carbocycles. The van der Waals surface area contributed by atoms with Crippen LogP contribution in [-0.4, -0.2) is 43.6 Å². The minimum Gasteiger partial charge on any atom is -0.347 e. The van der Waals surface area contributed by atoms with Crippen LogP contribution in [0.5, 0.6) is 0 Å². The topological polar surface area (TPSA) is 109 Å². The van der Waals surface area contributed by atoms with E-state index < -0.39 is 23.9 Å².